The molecule has 0 radical (unpaired) electrons. The van der Waals surface area contributed by atoms with Gasteiger partial charge in [-0.05, 0) is 36.4 Å². The highest BCUT2D eigenvalue weighted by Crippen LogP contribution is 2.21. The molecule has 1 fully saturated rings. The summed E-state index contributed by atoms with van der Waals surface area (Å²) in [6, 6.07) is 15.4. The minimum absolute atomic E-state index is 0.197. The van der Waals surface area contributed by atoms with E-state index in [2.05, 4.69) is 20.9 Å². The van der Waals surface area contributed by atoms with Crippen molar-refractivity contribution in [2.45, 2.75) is 5.37 Å². The zero-order valence-corrected chi connectivity index (χ0v) is 14.9. The highest BCUT2D eigenvalue weighted by Gasteiger charge is 2.41. The number of benzene rings is 2. The van der Waals surface area contributed by atoms with Crippen LogP contribution in [-0.4, -0.2) is 33.4 Å². The predicted octanol–water partition coefficient (Wildman–Crippen LogP) is 1.13. The predicted molar refractivity (Wildman–Crippen MR) is 99.0 cm³/mol. The first-order chi connectivity index (χ1) is 12.5. The minimum atomic E-state index is -3.81. The van der Waals surface area contributed by atoms with Crippen LogP contribution in [0.15, 0.2) is 54.6 Å². The molecule has 0 saturated carbocycles. The maximum atomic E-state index is 12.6. The number of amides is 1. The molecular weight excluding hydrogens is 356 g/mol. The van der Waals surface area contributed by atoms with E-state index in [0.29, 0.717) is 17.1 Å². The lowest BCUT2D eigenvalue weighted by molar-refractivity contribution is -0.119. The maximum absolute atomic E-state index is 12.6. The summed E-state index contributed by atoms with van der Waals surface area (Å²) in [5.41, 5.74) is 6.43. The summed E-state index contributed by atoms with van der Waals surface area (Å²) >= 11 is 0. The number of carbonyl (C=O) groups excluding carboxylic acids is 1. The van der Waals surface area contributed by atoms with Gasteiger partial charge in [0, 0.05) is 17.9 Å². The van der Waals surface area contributed by atoms with Crippen LogP contribution in [0.5, 0.6) is 5.75 Å². The van der Waals surface area contributed by atoms with Gasteiger partial charge in [0.15, 0.2) is 5.37 Å². The highest BCUT2D eigenvalue weighted by atomic mass is 32.2. The fourth-order valence-corrected chi connectivity index (χ4v) is 4.13. The Labute approximate surface area is 152 Å². The highest BCUT2D eigenvalue weighted by molar-refractivity contribution is 7.93. The molecule has 8 nitrogen and oxygen atoms in total. The molecule has 9 heteroatoms. The molecule has 0 spiro atoms. The molecule has 1 saturated heterocycles. The molecule has 2 aromatic carbocycles. The summed E-state index contributed by atoms with van der Waals surface area (Å²) in [5, 5.41) is 1.64. The molecule has 0 aliphatic carbocycles. The molecule has 138 valence electrons. The van der Waals surface area contributed by atoms with Crippen molar-refractivity contribution in [3.05, 3.63) is 54.6 Å². The Morgan fingerprint density at radius 1 is 1.08 bits per heavy atom. The van der Waals surface area contributed by atoms with E-state index in [1.807, 2.05) is 0 Å². The van der Waals surface area contributed by atoms with Crippen LogP contribution in [0.4, 0.5) is 11.4 Å². The van der Waals surface area contributed by atoms with Crippen molar-refractivity contribution in [2.75, 3.05) is 23.7 Å². The second-order valence-corrected chi connectivity index (χ2v) is 7.59. The molecule has 0 bridgehead atoms. The van der Waals surface area contributed by atoms with Gasteiger partial charge in [-0.1, -0.05) is 18.2 Å². The topological polar surface area (TPSA) is 109 Å². The summed E-state index contributed by atoms with van der Waals surface area (Å²) in [5.74, 6) is -0.519. The Morgan fingerprint density at radius 3 is 2.42 bits per heavy atom. The van der Waals surface area contributed by atoms with Gasteiger partial charge in [-0.15, -0.1) is 0 Å². The Kier molecular flexibility index (Phi) is 5.40. The van der Waals surface area contributed by atoms with Crippen LogP contribution in [-0.2, 0) is 14.8 Å². The van der Waals surface area contributed by atoms with E-state index in [1.165, 1.54) is 0 Å². The first-order valence-corrected chi connectivity index (χ1v) is 9.54. The first-order valence-electron chi connectivity index (χ1n) is 7.99. The second kappa shape index (κ2) is 7.73. The fourth-order valence-electron chi connectivity index (χ4n) is 2.64. The van der Waals surface area contributed by atoms with Crippen LogP contribution in [0, 0.1) is 5.92 Å². The molecule has 0 aromatic heterocycles. The van der Waals surface area contributed by atoms with Crippen molar-refractivity contribution in [2.24, 2.45) is 5.92 Å². The maximum Gasteiger partial charge on any atom is 0.250 e. The van der Waals surface area contributed by atoms with Gasteiger partial charge in [-0.25, -0.2) is 13.8 Å². The van der Waals surface area contributed by atoms with E-state index in [1.54, 1.807) is 61.7 Å². The van der Waals surface area contributed by atoms with Gasteiger partial charge in [0.1, 0.15) is 5.75 Å². The Hall–Kier alpha value is -2.62. The molecule has 4 N–H and O–H groups in total. The number of carbonyl (C=O) groups is 1. The van der Waals surface area contributed by atoms with Crippen molar-refractivity contribution in [1.29, 1.82) is 0 Å². The average Bonchev–Trinajstić information content (AvgIpc) is 3.14. The van der Waals surface area contributed by atoms with Gasteiger partial charge in [0.2, 0.25) is 5.91 Å². The molecule has 2 unspecified atom stereocenters. The molecule has 1 heterocycles. The summed E-state index contributed by atoms with van der Waals surface area (Å²) in [4.78, 5) is 12.6. The van der Waals surface area contributed by atoms with Crippen molar-refractivity contribution in [1.82, 2.24) is 10.9 Å². The largest absolute Gasteiger partial charge is 0.497 e. The molecular formula is C17H20N4O4S. The quantitative estimate of drug-likeness (QED) is 0.602. The van der Waals surface area contributed by atoms with E-state index in [0.717, 1.165) is 0 Å². The number of nitrogens with one attached hydrogen (secondary N) is 4. The van der Waals surface area contributed by atoms with Crippen molar-refractivity contribution >= 4 is 27.3 Å². The van der Waals surface area contributed by atoms with E-state index >= 15 is 0 Å². The van der Waals surface area contributed by atoms with Gasteiger partial charge in [-0.3, -0.25) is 14.9 Å². The minimum Gasteiger partial charge on any atom is -0.497 e. The van der Waals surface area contributed by atoms with E-state index in [4.69, 9.17) is 4.74 Å². The summed E-state index contributed by atoms with van der Waals surface area (Å²) in [6.07, 6.45) is 0. The number of rotatable bonds is 6. The van der Waals surface area contributed by atoms with Gasteiger partial charge in [-0.2, -0.15) is 0 Å². The number of ether oxygens (including phenoxy) is 1. The van der Waals surface area contributed by atoms with E-state index < -0.39 is 27.2 Å². The lowest BCUT2D eigenvalue weighted by Gasteiger charge is -2.19. The second-order valence-electron chi connectivity index (χ2n) is 5.78. The molecule has 26 heavy (non-hydrogen) atoms. The van der Waals surface area contributed by atoms with Crippen molar-refractivity contribution < 1.29 is 17.9 Å². The van der Waals surface area contributed by atoms with Crippen LogP contribution in [0.3, 0.4) is 0 Å². The van der Waals surface area contributed by atoms with Crippen molar-refractivity contribution in [3.63, 3.8) is 0 Å². The number of anilines is 2. The number of para-hydroxylation sites is 1. The summed E-state index contributed by atoms with van der Waals surface area (Å²) in [6.45, 7) is 0.197. The molecule has 1 amide bonds. The van der Waals surface area contributed by atoms with Crippen LogP contribution >= 0.6 is 0 Å². The Balaban J connectivity index is 1.71. The third-order valence-corrected chi connectivity index (χ3v) is 5.63. The van der Waals surface area contributed by atoms with Gasteiger partial charge in [0.05, 0.1) is 13.0 Å². The number of hydrogen-bond acceptors (Lipinski definition) is 6. The zero-order chi connectivity index (χ0) is 18.6. The van der Waals surface area contributed by atoms with Crippen LogP contribution in [0.1, 0.15) is 0 Å². The van der Waals surface area contributed by atoms with Crippen LogP contribution in [0.2, 0.25) is 0 Å². The third-order valence-electron chi connectivity index (χ3n) is 3.99. The molecule has 3 rings (SSSR count). The normalized spacial score (nSPS) is 19.7. The number of methoxy groups -OCH3 is 1. The van der Waals surface area contributed by atoms with E-state index in [9.17, 15) is 13.2 Å². The SMILES string of the molecule is COc1ccc(NC(=O)C2CNNC2S(=O)(=O)Nc2ccccc2)cc1. The number of hydrogen-bond donors (Lipinski definition) is 4. The van der Waals surface area contributed by atoms with Gasteiger partial charge in [0.25, 0.3) is 10.0 Å². The van der Waals surface area contributed by atoms with Gasteiger partial charge < -0.3 is 10.1 Å². The lowest BCUT2D eigenvalue weighted by atomic mass is 10.1. The van der Waals surface area contributed by atoms with E-state index in [-0.39, 0.29) is 6.54 Å². The third kappa shape index (κ3) is 4.13. The lowest BCUT2D eigenvalue weighted by Crippen LogP contribution is -2.45. The smallest absolute Gasteiger partial charge is 0.250 e. The molecule has 1 aliphatic rings. The summed E-state index contributed by atoms with van der Waals surface area (Å²) < 4.78 is 32.9. The van der Waals surface area contributed by atoms with Crippen LogP contribution in [0.25, 0.3) is 0 Å². The zero-order valence-electron chi connectivity index (χ0n) is 14.1. The van der Waals surface area contributed by atoms with Gasteiger partial charge >= 0.3 is 0 Å². The van der Waals surface area contributed by atoms with Crippen LogP contribution < -0.4 is 25.6 Å². The standard InChI is InChI=1S/C17H20N4O4S/c1-25-14-9-7-12(8-10-14)19-16(22)15-11-18-20-17(15)26(23,24)21-13-5-3-2-4-6-13/h2-10,15,17-18,20-21H,11H2,1H3,(H,19,22). The fraction of sp³-hybridized carbons (Fsp3) is 0.235. The molecule has 2 aromatic rings. The Morgan fingerprint density at radius 2 is 1.77 bits per heavy atom. The monoisotopic (exact) mass is 376 g/mol. The number of sulfonamides is 1. The first kappa shape index (κ1) is 18.2. The number of hydrazine groups is 1. The Bertz CT molecular complexity index is 856. The van der Waals surface area contributed by atoms with Crippen molar-refractivity contribution in [3.8, 4) is 5.75 Å². The molecule has 1 aliphatic heterocycles. The summed E-state index contributed by atoms with van der Waals surface area (Å²) in [7, 11) is -2.26. The molecule has 2 atom stereocenters. The average molecular weight is 376 g/mol.